The Morgan fingerprint density at radius 2 is 1.40 bits per heavy atom. The number of para-hydroxylation sites is 1. The maximum Gasteiger partial charge on any atom is 0.243 e. The number of likely N-dealkylation sites (tertiary alicyclic amines) is 2. The van der Waals surface area contributed by atoms with Gasteiger partial charge in [-0.1, -0.05) is 76.1 Å². The number of nitrogens with one attached hydrogen (secondary N) is 1. The number of β-amino-alcohol motifs (C(OH)–C–C–N with tert-alkyl or cyclic N) is 1. The molecule has 0 spiro atoms. The summed E-state index contributed by atoms with van der Waals surface area (Å²) in [4.78, 5) is 58.9. The van der Waals surface area contributed by atoms with Crippen LogP contribution in [-0.2, 0) is 44.6 Å². The number of anilines is 1. The Bertz CT molecular complexity index is 2890. The lowest BCUT2D eigenvalue weighted by molar-refractivity contribution is -0.146. The molecule has 2 amide bonds. The highest BCUT2D eigenvalue weighted by Crippen LogP contribution is 2.37. The van der Waals surface area contributed by atoms with E-state index in [0.29, 0.717) is 45.5 Å². The van der Waals surface area contributed by atoms with Crippen LogP contribution in [0, 0.1) is 18.3 Å². The third-order valence-electron chi connectivity index (χ3n) is 14.9. The van der Waals surface area contributed by atoms with Crippen LogP contribution in [0.4, 0.5) is 5.82 Å². The Balaban J connectivity index is 0.604. The van der Waals surface area contributed by atoms with Crippen LogP contribution in [0.5, 0.6) is 11.5 Å². The average molecular weight is 1130 g/mol. The van der Waals surface area contributed by atoms with Gasteiger partial charge in [-0.25, -0.2) is 19.6 Å². The molecule has 0 radical (unpaired) electrons. The summed E-state index contributed by atoms with van der Waals surface area (Å²) in [5.74, 6) is 0.363. The highest BCUT2D eigenvalue weighted by Gasteiger charge is 2.44. The Kier molecular flexibility index (Phi) is 23.1. The number of unbranched alkanes of at least 4 members (excludes halogenated alkanes) is 3. The number of nitrogens with zero attached hydrogens (tertiary/aromatic N) is 7. The molecule has 0 saturated carbocycles. The number of Topliss-reactive ketones (excluding diaryl/α,β-unsaturated/α-hetero) is 1. The highest BCUT2D eigenvalue weighted by atomic mass is 32.1. The van der Waals surface area contributed by atoms with E-state index in [2.05, 4.69) is 29.9 Å². The van der Waals surface area contributed by atoms with Gasteiger partial charge in [0.15, 0.2) is 11.4 Å². The molecule has 5 heterocycles. The summed E-state index contributed by atoms with van der Waals surface area (Å²) >= 11 is 1.58. The van der Waals surface area contributed by atoms with E-state index in [-0.39, 0.29) is 69.4 Å². The molecular formula is C61H81N9O10S. The maximum absolute atomic E-state index is 14.0. The largest absolute Gasteiger partial charge is 0.457 e. The number of rotatable bonds is 32. The third-order valence-corrected chi connectivity index (χ3v) is 15.8. The SMILES string of the molecule is Cc1ncsc1-c1ccc(CNC(=O)[C@@H]2C[C@@H](O)CN2C(=O)[C@@H](CC(=O)COCCOCCOCCOCCOCCCCCCN2CCC(n3nc(-c4ccc(Oc5ccccc5)cc4)c4c(N)ncnc43)CC2)C(C)(C)C)cc1. The monoisotopic (exact) mass is 1130 g/mol. The van der Waals surface area contributed by atoms with Gasteiger partial charge in [0.1, 0.15) is 42.0 Å². The topological polar surface area (TPSA) is 228 Å². The van der Waals surface area contributed by atoms with Crippen molar-refractivity contribution < 1.29 is 47.9 Å². The molecule has 3 aromatic heterocycles. The van der Waals surface area contributed by atoms with E-state index in [0.717, 1.165) is 114 Å². The van der Waals surface area contributed by atoms with E-state index in [4.69, 9.17) is 39.3 Å². The molecule has 8 rings (SSSR count). The molecule has 6 aromatic rings. The van der Waals surface area contributed by atoms with Crippen molar-refractivity contribution in [2.75, 3.05) is 98.0 Å². The number of carbonyl (C=O) groups excluding carboxylic acids is 3. The van der Waals surface area contributed by atoms with Crippen LogP contribution >= 0.6 is 11.3 Å². The Labute approximate surface area is 479 Å². The minimum Gasteiger partial charge on any atom is -0.457 e. The number of hydrogen-bond donors (Lipinski definition) is 3. The van der Waals surface area contributed by atoms with E-state index in [1.54, 1.807) is 11.3 Å². The predicted octanol–water partition coefficient (Wildman–Crippen LogP) is 8.48. The maximum atomic E-state index is 14.0. The summed E-state index contributed by atoms with van der Waals surface area (Å²) in [6.45, 7) is 14.9. The third kappa shape index (κ3) is 17.9. The molecule has 0 bridgehead atoms. The van der Waals surface area contributed by atoms with Crippen LogP contribution in [0.3, 0.4) is 0 Å². The second-order valence-corrected chi connectivity index (χ2v) is 22.8. The molecule has 0 unspecified atom stereocenters. The first-order valence-electron chi connectivity index (χ1n) is 28.5. The van der Waals surface area contributed by atoms with Gasteiger partial charge in [-0.3, -0.25) is 14.4 Å². The summed E-state index contributed by atoms with van der Waals surface area (Å²) in [5.41, 5.74) is 13.1. The molecule has 436 valence electrons. The van der Waals surface area contributed by atoms with Crippen molar-refractivity contribution in [3.05, 3.63) is 102 Å². The van der Waals surface area contributed by atoms with Crippen molar-refractivity contribution in [3.8, 4) is 33.2 Å². The first-order valence-corrected chi connectivity index (χ1v) is 29.4. The summed E-state index contributed by atoms with van der Waals surface area (Å²) < 4.78 is 36.4. The molecule has 20 heteroatoms. The van der Waals surface area contributed by atoms with E-state index < -0.39 is 23.5 Å². The van der Waals surface area contributed by atoms with E-state index in [9.17, 15) is 19.5 Å². The number of hydrogen-bond acceptors (Lipinski definition) is 17. The van der Waals surface area contributed by atoms with E-state index in [1.807, 2.05) is 112 Å². The van der Waals surface area contributed by atoms with Gasteiger partial charge >= 0.3 is 0 Å². The molecule has 4 N–H and O–H groups in total. The lowest BCUT2D eigenvalue weighted by atomic mass is 9.77. The number of thiazole rings is 1. The zero-order valence-corrected chi connectivity index (χ0v) is 48.3. The fourth-order valence-electron chi connectivity index (χ4n) is 10.3. The quantitative estimate of drug-likeness (QED) is 0.0337. The predicted molar refractivity (Wildman–Crippen MR) is 312 cm³/mol. The molecule has 2 fully saturated rings. The van der Waals surface area contributed by atoms with Gasteiger partial charge in [0.05, 0.1) is 86.5 Å². The lowest BCUT2D eigenvalue weighted by Crippen LogP contribution is -2.50. The van der Waals surface area contributed by atoms with Crippen molar-refractivity contribution in [2.45, 2.75) is 104 Å². The second kappa shape index (κ2) is 30.7. The minimum absolute atomic E-state index is 0.0288. The van der Waals surface area contributed by atoms with Gasteiger partial charge in [0.2, 0.25) is 11.8 Å². The van der Waals surface area contributed by atoms with Crippen LogP contribution in [0.25, 0.3) is 32.7 Å². The number of nitrogen functional groups attached to an aromatic ring is 1. The van der Waals surface area contributed by atoms with Crippen LogP contribution < -0.4 is 15.8 Å². The standard InChI is InChI=1S/C61H81N9O10S/c1-43-56(81-42-66-43)46-16-14-44(15-17-46)38-63-59(73)53-37-48(71)39-69(53)60(74)52(61(2,3)4)36-49(72)40-79-35-34-78-33-32-77-31-30-76-29-28-75-27-11-6-5-10-24-68-25-22-47(23-26-68)70-58-54(57(62)64-41-65-58)55(67-70)45-18-20-51(21-19-45)80-50-12-8-7-9-13-50/h7-9,12-21,41-42,47-48,52-53,71H,5-6,10-11,22-40H2,1-4H3,(H,63,73)(H2,62,64,65)/t48-,52-,53+/m1/s1. The number of aliphatic hydroxyl groups is 1. The van der Waals surface area contributed by atoms with Crippen LogP contribution in [0.15, 0.2) is 90.7 Å². The van der Waals surface area contributed by atoms with Crippen molar-refractivity contribution in [3.63, 3.8) is 0 Å². The van der Waals surface area contributed by atoms with E-state index in [1.165, 1.54) is 17.6 Å². The number of aromatic nitrogens is 5. The molecule has 0 aliphatic carbocycles. The molecule has 19 nitrogen and oxygen atoms in total. The summed E-state index contributed by atoms with van der Waals surface area (Å²) in [5, 5.41) is 19.4. The average Bonchev–Trinajstić information content (AvgIpc) is 4.35. The molecule has 2 aliphatic rings. The molecule has 2 aliphatic heterocycles. The zero-order valence-electron chi connectivity index (χ0n) is 47.5. The number of piperidine rings is 1. The summed E-state index contributed by atoms with van der Waals surface area (Å²) in [7, 11) is 0. The number of carbonyl (C=O) groups is 3. The highest BCUT2D eigenvalue weighted by molar-refractivity contribution is 7.13. The van der Waals surface area contributed by atoms with Gasteiger partial charge in [-0.05, 0) is 92.1 Å². The summed E-state index contributed by atoms with van der Waals surface area (Å²) in [6.07, 6.45) is 7.22. The molecular weight excluding hydrogens is 1050 g/mol. The van der Waals surface area contributed by atoms with Crippen molar-refractivity contribution in [1.82, 2.24) is 39.8 Å². The Morgan fingerprint density at radius 1 is 0.765 bits per heavy atom. The number of aryl methyl sites for hydroxylation is 1. The number of ketones is 1. The number of benzene rings is 3. The van der Waals surface area contributed by atoms with Crippen molar-refractivity contribution in [1.29, 1.82) is 0 Å². The fourth-order valence-corrected chi connectivity index (χ4v) is 11.1. The van der Waals surface area contributed by atoms with Crippen LogP contribution in [-0.4, -0.2) is 162 Å². The van der Waals surface area contributed by atoms with Gasteiger partial charge in [-0.2, -0.15) is 5.10 Å². The first kappa shape index (κ1) is 60.9. The van der Waals surface area contributed by atoms with E-state index >= 15 is 0 Å². The number of aliphatic hydroxyl groups excluding tert-OH is 1. The van der Waals surface area contributed by atoms with Gasteiger partial charge in [0, 0.05) is 57.1 Å². The van der Waals surface area contributed by atoms with Crippen molar-refractivity contribution in [2.24, 2.45) is 11.3 Å². The number of nitrogens with two attached hydrogens (primary N) is 1. The van der Waals surface area contributed by atoms with Crippen LogP contribution in [0.1, 0.15) is 89.4 Å². The number of fused-ring (bicyclic) bond motifs is 1. The zero-order chi connectivity index (χ0) is 57.0. The molecule has 81 heavy (non-hydrogen) atoms. The molecule has 3 aromatic carbocycles. The van der Waals surface area contributed by atoms with Gasteiger partial charge in [0.25, 0.3) is 0 Å². The summed E-state index contributed by atoms with van der Waals surface area (Å²) in [6, 6.07) is 24.9. The van der Waals surface area contributed by atoms with Gasteiger partial charge < -0.3 is 54.4 Å². The Morgan fingerprint density at radius 3 is 2.05 bits per heavy atom. The fraction of sp³-hybridized carbons (Fsp3) is 0.525. The Hall–Kier alpha value is -6.23. The number of amides is 2. The molecule has 3 atom stereocenters. The van der Waals surface area contributed by atoms with Gasteiger partial charge in [-0.15, -0.1) is 11.3 Å². The minimum atomic E-state index is -0.840. The second-order valence-electron chi connectivity index (χ2n) is 21.9. The lowest BCUT2D eigenvalue weighted by Gasteiger charge is -2.34. The normalized spacial score (nSPS) is 16.5. The van der Waals surface area contributed by atoms with Crippen LogP contribution in [0.2, 0.25) is 0 Å². The first-order chi connectivity index (χ1) is 39.3. The molecule has 2 saturated heterocycles. The smallest absolute Gasteiger partial charge is 0.243 e. The van der Waals surface area contributed by atoms with Crippen molar-refractivity contribution >= 4 is 45.8 Å². The number of ether oxygens (including phenoxy) is 6.